The fourth-order valence-corrected chi connectivity index (χ4v) is 4.34. The van der Waals surface area contributed by atoms with Crippen LogP contribution >= 0.6 is 11.6 Å². The minimum absolute atomic E-state index is 0.315. The van der Waals surface area contributed by atoms with Crippen molar-refractivity contribution >= 4 is 22.6 Å². The van der Waals surface area contributed by atoms with Crippen molar-refractivity contribution in [2.45, 2.75) is 32.7 Å². The van der Waals surface area contributed by atoms with Gasteiger partial charge in [-0.3, -0.25) is 9.80 Å². The van der Waals surface area contributed by atoms with E-state index in [0.717, 1.165) is 75.2 Å². The van der Waals surface area contributed by atoms with Gasteiger partial charge in [-0.1, -0.05) is 24.9 Å². The molecule has 2 aliphatic heterocycles. The van der Waals surface area contributed by atoms with Crippen LogP contribution in [-0.4, -0.2) is 55.9 Å². The van der Waals surface area contributed by atoms with Gasteiger partial charge in [-0.25, -0.2) is 4.79 Å². The molecule has 4 rings (SSSR count). The first-order valence-electron chi connectivity index (χ1n) is 10.1. The summed E-state index contributed by atoms with van der Waals surface area (Å²) in [5.74, 6) is 0.649. The Morgan fingerprint density at radius 2 is 1.93 bits per heavy atom. The SMILES string of the molecule is CCCc1cc(=O)oc2c3c(c(Cl)cc12)OCN(CCCN1CCOCC1)C3. The Balaban J connectivity index is 1.53. The van der Waals surface area contributed by atoms with Gasteiger partial charge in [-0.15, -0.1) is 0 Å². The van der Waals surface area contributed by atoms with Crippen LogP contribution in [-0.2, 0) is 17.7 Å². The summed E-state index contributed by atoms with van der Waals surface area (Å²) in [4.78, 5) is 16.8. The van der Waals surface area contributed by atoms with Crippen molar-refractivity contribution in [2.75, 3.05) is 46.1 Å². The van der Waals surface area contributed by atoms with Crippen molar-refractivity contribution in [1.82, 2.24) is 9.80 Å². The van der Waals surface area contributed by atoms with Crippen LogP contribution in [0.3, 0.4) is 0 Å². The standard InChI is InChI=1S/C21H27ClN2O4/c1-2-4-15-11-19(25)28-20-16(15)12-18(22)21-17(20)13-24(14-27-21)6-3-5-23-7-9-26-10-8-23/h11-12H,2-10,13-14H2,1H3. The second-order valence-corrected chi connectivity index (χ2v) is 7.92. The van der Waals surface area contributed by atoms with Crippen molar-refractivity contribution in [3.63, 3.8) is 0 Å². The molecule has 0 radical (unpaired) electrons. The number of hydrogen-bond donors (Lipinski definition) is 0. The molecule has 1 saturated heterocycles. The summed E-state index contributed by atoms with van der Waals surface area (Å²) in [6.45, 7) is 8.90. The summed E-state index contributed by atoms with van der Waals surface area (Å²) in [5.41, 5.74) is 2.18. The summed E-state index contributed by atoms with van der Waals surface area (Å²) in [7, 11) is 0. The van der Waals surface area contributed by atoms with Gasteiger partial charge in [-0.2, -0.15) is 0 Å². The molecule has 0 bridgehead atoms. The molecule has 7 heteroatoms. The minimum Gasteiger partial charge on any atom is -0.476 e. The molecule has 0 unspecified atom stereocenters. The van der Waals surface area contributed by atoms with Crippen molar-refractivity contribution in [3.05, 3.63) is 38.7 Å². The van der Waals surface area contributed by atoms with Crippen molar-refractivity contribution in [1.29, 1.82) is 0 Å². The number of fused-ring (bicyclic) bond motifs is 3. The number of halogens is 1. The summed E-state index contributed by atoms with van der Waals surface area (Å²) in [6.07, 6.45) is 2.83. The highest BCUT2D eigenvalue weighted by Gasteiger charge is 2.25. The van der Waals surface area contributed by atoms with Gasteiger partial charge in [0.05, 0.1) is 23.8 Å². The molecule has 1 aromatic carbocycles. The number of hydrogen-bond acceptors (Lipinski definition) is 6. The van der Waals surface area contributed by atoms with Gasteiger partial charge in [0.15, 0.2) is 0 Å². The first-order chi connectivity index (χ1) is 13.7. The summed E-state index contributed by atoms with van der Waals surface area (Å²) in [5, 5.41) is 1.51. The topological polar surface area (TPSA) is 55.2 Å². The van der Waals surface area contributed by atoms with E-state index in [1.807, 2.05) is 6.07 Å². The highest BCUT2D eigenvalue weighted by Crippen LogP contribution is 2.39. The monoisotopic (exact) mass is 406 g/mol. The normalized spacial score (nSPS) is 18.2. The van der Waals surface area contributed by atoms with Gasteiger partial charge in [0, 0.05) is 37.6 Å². The van der Waals surface area contributed by atoms with Crippen LogP contribution in [0.5, 0.6) is 5.75 Å². The lowest BCUT2D eigenvalue weighted by Crippen LogP contribution is -2.39. The zero-order valence-electron chi connectivity index (χ0n) is 16.3. The van der Waals surface area contributed by atoms with Crippen LogP contribution in [0.15, 0.2) is 21.3 Å². The van der Waals surface area contributed by atoms with E-state index in [4.69, 9.17) is 25.5 Å². The molecule has 2 aliphatic rings. The van der Waals surface area contributed by atoms with Gasteiger partial charge >= 0.3 is 5.63 Å². The van der Waals surface area contributed by atoms with Crippen LogP contribution < -0.4 is 10.4 Å². The molecule has 0 amide bonds. The summed E-state index contributed by atoms with van der Waals surface area (Å²) >= 11 is 6.50. The lowest BCUT2D eigenvalue weighted by molar-refractivity contribution is 0.0330. The second kappa shape index (κ2) is 8.82. The Morgan fingerprint density at radius 1 is 1.14 bits per heavy atom. The zero-order chi connectivity index (χ0) is 19.5. The predicted octanol–water partition coefficient (Wildman–Crippen LogP) is 3.27. The molecule has 152 valence electrons. The summed E-state index contributed by atoms with van der Waals surface area (Å²) in [6, 6.07) is 3.45. The molecular formula is C21H27ClN2O4. The molecule has 3 heterocycles. The number of nitrogens with zero attached hydrogens (tertiary/aromatic N) is 2. The highest BCUT2D eigenvalue weighted by atomic mass is 35.5. The Labute approximate surface area is 169 Å². The Morgan fingerprint density at radius 3 is 2.71 bits per heavy atom. The molecule has 0 N–H and O–H groups in total. The van der Waals surface area contributed by atoms with E-state index in [1.54, 1.807) is 6.07 Å². The predicted molar refractivity (Wildman–Crippen MR) is 109 cm³/mol. The van der Waals surface area contributed by atoms with Crippen molar-refractivity contribution in [3.8, 4) is 5.75 Å². The van der Waals surface area contributed by atoms with Gasteiger partial charge in [0.2, 0.25) is 0 Å². The number of ether oxygens (including phenoxy) is 2. The quantitative estimate of drug-likeness (QED) is 0.686. The average Bonchev–Trinajstić information content (AvgIpc) is 2.70. The molecule has 6 nitrogen and oxygen atoms in total. The van der Waals surface area contributed by atoms with E-state index >= 15 is 0 Å². The minimum atomic E-state index is -0.315. The number of benzene rings is 1. The Kier molecular flexibility index (Phi) is 6.21. The van der Waals surface area contributed by atoms with Gasteiger partial charge in [0.25, 0.3) is 0 Å². The third kappa shape index (κ3) is 4.20. The first kappa shape index (κ1) is 19.7. The smallest absolute Gasteiger partial charge is 0.336 e. The molecule has 2 aromatic rings. The largest absolute Gasteiger partial charge is 0.476 e. The van der Waals surface area contributed by atoms with Gasteiger partial charge in [-0.05, 0) is 31.0 Å². The zero-order valence-corrected chi connectivity index (χ0v) is 17.1. The average molecular weight is 407 g/mol. The lowest BCUT2D eigenvalue weighted by Gasteiger charge is -2.31. The van der Waals surface area contributed by atoms with Crippen molar-refractivity contribution in [2.24, 2.45) is 0 Å². The lowest BCUT2D eigenvalue weighted by atomic mass is 10.0. The molecule has 1 aromatic heterocycles. The fourth-order valence-electron chi connectivity index (χ4n) is 4.06. The van der Waals surface area contributed by atoms with E-state index in [9.17, 15) is 4.79 Å². The van der Waals surface area contributed by atoms with Crippen molar-refractivity contribution < 1.29 is 13.9 Å². The third-order valence-corrected chi connectivity index (χ3v) is 5.75. The molecule has 1 fully saturated rings. The third-order valence-electron chi connectivity index (χ3n) is 5.47. The first-order valence-corrected chi connectivity index (χ1v) is 10.5. The highest BCUT2D eigenvalue weighted by molar-refractivity contribution is 6.33. The van der Waals surface area contributed by atoms with Crippen LogP contribution in [0.4, 0.5) is 0 Å². The molecule has 0 saturated carbocycles. The number of aryl methyl sites for hydroxylation is 1. The fraction of sp³-hybridized carbons (Fsp3) is 0.571. The Hall–Kier alpha value is -1.60. The number of morpholine rings is 1. The van der Waals surface area contributed by atoms with Gasteiger partial charge < -0.3 is 13.9 Å². The van der Waals surface area contributed by atoms with E-state index in [1.165, 1.54) is 0 Å². The molecular weight excluding hydrogens is 380 g/mol. The van der Waals surface area contributed by atoms with E-state index in [0.29, 0.717) is 29.6 Å². The van der Waals surface area contributed by atoms with Crippen LogP contribution in [0.2, 0.25) is 5.02 Å². The maximum absolute atomic E-state index is 12.1. The maximum Gasteiger partial charge on any atom is 0.336 e. The van der Waals surface area contributed by atoms with E-state index in [2.05, 4.69) is 16.7 Å². The molecule has 0 atom stereocenters. The Bertz CT molecular complexity index is 892. The maximum atomic E-state index is 12.1. The van der Waals surface area contributed by atoms with Crippen LogP contribution in [0, 0.1) is 0 Å². The summed E-state index contributed by atoms with van der Waals surface area (Å²) < 4.78 is 17.0. The van der Waals surface area contributed by atoms with Gasteiger partial charge in [0.1, 0.15) is 18.1 Å². The molecule has 0 aliphatic carbocycles. The molecule has 28 heavy (non-hydrogen) atoms. The van der Waals surface area contributed by atoms with E-state index in [-0.39, 0.29) is 5.63 Å². The second-order valence-electron chi connectivity index (χ2n) is 7.52. The van der Waals surface area contributed by atoms with Crippen LogP contribution in [0.1, 0.15) is 30.9 Å². The van der Waals surface area contributed by atoms with Crippen LogP contribution in [0.25, 0.3) is 11.0 Å². The van der Waals surface area contributed by atoms with E-state index < -0.39 is 0 Å². The number of rotatable bonds is 6. The molecule has 0 spiro atoms.